The van der Waals surface area contributed by atoms with Crippen LogP contribution in [0.4, 0.5) is 5.69 Å². The maximum absolute atomic E-state index is 10.7. The first-order valence-corrected chi connectivity index (χ1v) is 3.29. The van der Waals surface area contributed by atoms with Gasteiger partial charge in [0.1, 0.15) is 6.29 Å². The lowest BCUT2D eigenvalue weighted by Crippen LogP contribution is -2.11. The number of aldehydes is 1. The second-order valence-corrected chi connectivity index (χ2v) is 2.37. The molecule has 0 saturated carbocycles. The zero-order valence-electron chi connectivity index (χ0n) is 6.28. The number of primary amides is 1. The summed E-state index contributed by atoms with van der Waals surface area (Å²) < 4.78 is 0. The molecule has 0 atom stereocenters. The summed E-state index contributed by atoms with van der Waals surface area (Å²) in [5.41, 5.74) is 11.4. The van der Waals surface area contributed by atoms with Gasteiger partial charge >= 0.3 is 0 Å². The van der Waals surface area contributed by atoms with Gasteiger partial charge in [0.25, 0.3) is 0 Å². The number of amides is 1. The highest BCUT2D eigenvalue weighted by Crippen LogP contribution is 2.09. The molecule has 0 aliphatic rings. The molecular formula is C8H8N2O2. The molecule has 4 N–H and O–H groups in total. The van der Waals surface area contributed by atoms with E-state index in [0.717, 1.165) is 0 Å². The van der Waals surface area contributed by atoms with E-state index < -0.39 is 5.91 Å². The van der Waals surface area contributed by atoms with Crippen LogP contribution in [0.5, 0.6) is 0 Å². The number of benzene rings is 1. The van der Waals surface area contributed by atoms with Crippen LogP contribution in [0.1, 0.15) is 20.7 Å². The van der Waals surface area contributed by atoms with Crippen molar-refractivity contribution < 1.29 is 9.59 Å². The van der Waals surface area contributed by atoms with Gasteiger partial charge in [0.15, 0.2) is 0 Å². The number of anilines is 1. The Morgan fingerprint density at radius 1 is 1.33 bits per heavy atom. The van der Waals surface area contributed by atoms with Gasteiger partial charge in [-0.2, -0.15) is 0 Å². The zero-order valence-corrected chi connectivity index (χ0v) is 6.28. The second kappa shape index (κ2) is 3.04. The van der Waals surface area contributed by atoms with Crippen molar-refractivity contribution in [1.29, 1.82) is 0 Å². The van der Waals surface area contributed by atoms with E-state index in [1.165, 1.54) is 18.2 Å². The Balaban J connectivity index is 3.23. The summed E-state index contributed by atoms with van der Waals surface area (Å²) in [4.78, 5) is 21.0. The lowest BCUT2D eigenvalue weighted by Gasteiger charge is -1.98. The lowest BCUT2D eigenvalue weighted by atomic mass is 10.1. The van der Waals surface area contributed by atoms with E-state index in [9.17, 15) is 9.59 Å². The van der Waals surface area contributed by atoms with Gasteiger partial charge in [-0.05, 0) is 18.2 Å². The van der Waals surface area contributed by atoms with E-state index in [2.05, 4.69) is 0 Å². The number of hydrogen-bond donors (Lipinski definition) is 2. The van der Waals surface area contributed by atoms with Gasteiger partial charge in [0.05, 0.1) is 0 Å². The number of carbonyl (C=O) groups is 2. The first-order valence-electron chi connectivity index (χ1n) is 3.29. The van der Waals surface area contributed by atoms with Crippen LogP contribution in [0.15, 0.2) is 18.2 Å². The number of rotatable bonds is 2. The van der Waals surface area contributed by atoms with Crippen LogP contribution in [0.25, 0.3) is 0 Å². The monoisotopic (exact) mass is 164 g/mol. The molecule has 4 heteroatoms. The predicted molar refractivity (Wildman–Crippen MR) is 44.8 cm³/mol. The molecule has 1 aromatic rings. The van der Waals surface area contributed by atoms with Crippen molar-refractivity contribution in [3.63, 3.8) is 0 Å². The molecule has 0 radical (unpaired) electrons. The molecule has 0 aliphatic carbocycles. The second-order valence-electron chi connectivity index (χ2n) is 2.37. The van der Waals surface area contributed by atoms with Gasteiger partial charge in [-0.1, -0.05) is 0 Å². The van der Waals surface area contributed by atoms with Gasteiger partial charge < -0.3 is 11.5 Å². The molecule has 12 heavy (non-hydrogen) atoms. The third-order valence-electron chi connectivity index (χ3n) is 1.40. The number of nitrogen functional groups attached to an aromatic ring is 1. The highest BCUT2D eigenvalue weighted by Gasteiger charge is 2.02. The van der Waals surface area contributed by atoms with Crippen LogP contribution >= 0.6 is 0 Å². The van der Waals surface area contributed by atoms with Crippen molar-refractivity contribution >= 4 is 17.9 Å². The summed E-state index contributed by atoms with van der Waals surface area (Å²) in [7, 11) is 0. The van der Waals surface area contributed by atoms with Crippen molar-refractivity contribution in [2.45, 2.75) is 0 Å². The average molecular weight is 164 g/mol. The van der Waals surface area contributed by atoms with Gasteiger partial charge in [-0.25, -0.2) is 0 Å². The van der Waals surface area contributed by atoms with Gasteiger partial charge in [0.2, 0.25) is 5.91 Å². The van der Waals surface area contributed by atoms with Crippen molar-refractivity contribution in [1.82, 2.24) is 0 Å². The first-order chi connectivity index (χ1) is 5.63. The van der Waals surface area contributed by atoms with Gasteiger partial charge in [-0.3, -0.25) is 9.59 Å². The minimum atomic E-state index is -0.592. The summed E-state index contributed by atoms with van der Waals surface area (Å²) in [5.74, 6) is -0.592. The third-order valence-corrected chi connectivity index (χ3v) is 1.40. The highest BCUT2D eigenvalue weighted by atomic mass is 16.1. The van der Waals surface area contributed by atoms with Crippen molar-refractivity contribution in [3.05, 3.63) is 29.3 Å². The number of nitrogens with two attached hydrogens (primary N) is 2. The Bertz CT molecular complexity index is 334. The number of hydrogen-bond acceptors (Lipinski definition) is 3. The standard InChI is InChI=1S/C8H8N2O2/c9-7-2-5(4-11)1-6(3-7)8(10)12/h1-4H,9H2,(H2,10,12). The van der Waals surface area contributed by atoms with E-state index in [4.69, 9.17) is 11.5 Å². The molecule has 62 valence electrons. The zero-order chi connectivity index (χ0) is 9.14. The summed E-state index contributed by atoms with van der Waals surface area (Å²) in [5, 5.41) is 0. The Labute approximate surface area is 69.2 Å². The maximum atomic E-state index is 10.7. The SMILES string of the molecule is NC(=O)c1cc(N)cc(C=O)c1. The first kappa shape index (κ1) is 8.26. The molecule has 1 rings (SSSR count). The Morgan fingerprint density at radius 3 is 2.50 bits per heavy atom. The summed E-state index contributed by atoms with van der Waals surface area (Å²) in [6, 6.07) is 4.29. The van der Waals surface area contributed by atoms with Gasteiger partial charge in [-0.15, -0.1) is 0 Å². The molecular weight excluding hydrogens is 156 g/mol. The highest BCUT2D eigenvalue weighted by molar-refractivity contribution is 5.95. The van der Waals surface area contributed by atoms with E-state index in [-0.39, 0.29) is 5.56 Å². The largest absolute Gasteiger partial charge is 0.399 e. The maximum Gasteiger partial charge on any atom is 0.248 e. The average Bonchev–Trinajstić information content (AvgIpc) is 2.03. The fourth-order valence-electron chi connectivity index (χ4n) is 0.887. The quantitative estimate of drug-likeness (QED) is 0.483. The Hall–Kier alpha value is -1.84. The van der Waals surface area contributed by atoms with Crippen LogP contribution in [-0.4, -0.2) is 12.2 Å². The van der Waals surface area contributed by atoms with Crippen molar-refractivity contribution in [2.24, 2.45) is 5.73 Å². The minimum absolute atomic E-state index is 0.247. The van der Waals surface area contributed by atoms with Gasteiger partial charge in [0, 0.05) is 16.8 Å². The molecule has 0 unspecified atom stereocenters. The summed E-state index contributed by atoms with van der Waals surface area (Å²) >= 11 is 0. The van der Waals surface area contributed by atoms with E-state index >= 15 is 0 Å². The van der Waals surface area contributed by atoms with Crippen LogP contribution in [0.3, 0.4) is 0 Å². The van der Waals surface area contributed by atoms with Crippen LogP contribution in [0.2, 0.25) is 0 Å². The fraction of sp³-hybridized carbons (Fsp3) is 0. The van der Waals surface area contributed by atoms with Crippen LogP contribution < -0.4 is 11.5 Å². The fourth-order valence-corrected chi connectivity index (χ4v) is 0.887. The lowest BCUT2D eigenvalue weighted by molar-refractivity contribution is 0.100. The Morgan fingerprint density at radius 2 is 2.00 bits per heavy atom. The number of carbonyl (C=O) groups excluding carboxylic acids is 2. The predicted octanol–water partition coefficient (Wildman–Crippen LogP) is 0.180. The minimum Gasteiger partial charge on any atom is -0.399 e. The molecule has 1 aromatic carbocycles. The Kier molecular flexibility index (Phi) is 2.09. The van der Waals surface area contributed by atoms with Crippen molar-refractivity contribution in [3.8, 4) is 0 Å². The topological polar surface area (TPSA) is 86.2 Å². The molecule has 0 saturated heterocycles. The molecule has 0 spiro atoms. The molecule has 4 nitrogen and oxygen atoms in total. The molecule has 0 fully saturated rings. The van der Waals surface area contributed by atoms with E-state index in [1.54, 1.807) is 0 Å². The normalized spacial score (nSPS) is 9.33. The summed E-state index contributed by atoms with van der Waals surface area (Å²) in [6.45, 7) is 0. The molecule has 0 aliphatic heterocycles. The molecule has 0 aromatic heterocycles. The van der Waals surface area contributed by atoms with Crippen LogP contribution in [0, 0.1) is 0 Å². The van der Waals surface area contributed by atoms with E-state index in [0.29, 0.717) is 17.5 Å². The van der Waals surface area contributed by atoms with Crippen molar-refractivity contribution in [2.75, 3.05) is 5.73 Å². The summed E-state index contributed by atoms with van der Waals surface area (Å²) in [6.07, 6.45) is 0.614. The molecule has 0 heterocycles. The van der Waals surface area contributed by atoms with E-state index in [1.807, 2.05) is 0 Å². The molecule has 1 amide bonds. The third kappa shape index (κ3) is 1.60. The van der Waals surface area contributed by atoms with Crippen LogP contribution in [-0.2, 0) is 0 Å². The smallest absolute Gasteiger partial charge is 0.248 e. The molecule has 0 bridgehead atoms.